The Morgan fingerprint density at radius 2 is 1.88 bits per heavy atom. The normalized spacial score (nSPS) is 20.4. The van der Waals surface area contributed by atoms with Gasteiger partial charge in [-0.1, -0.05) is 40.7 Å². The highest BCUT2D eigenvalue weighted by Gasteiger charge is 2.28. The maximum atomic E-state index is 13.2. The van der Waals surface area contributed by atoms with Crippen molar-refractivity contribution in [2.24, 2.45) is 5.92 Å². The zero-order valence-corrected chi connectivity index (χ0v) is 15.8. The minimum atomic E-state index is -0.885. The van der Waals surface area contributed by atoms with Gasteiger partial charge in [0.1, 0.15) is 11.9 Å². The summed E-state index contributed by atoms with van der Waals surface area (Å²) in [6.45, 7) is 13.9. The quantitative estimate of drug-likeness (QED) is 0.842. The van der Waals surface area contributed by atoms with Crippen molar-refractivity contribution in [3.05, 3.63) is 29.6 Å². The van der Waals surface area contributed by atoms with Gasteiger partial charge in [0.05, 0.1) is 12.2 Å². The lowest BCUT2D eigenvalue weighted by atomic mass is 10.0. The molecule has 3 rings (SSSR count). The third-order valence-corrected chi connectivity index (χ3v) is 3.97. The van der Waals surface area contributed by atoms with E-state index in [1.54, 1.807) is 11.0 Å². The van der Waals surface area contributed by atoms with E-state index in [1.807, 2.05) is 39.8 Å². The second-order valence-corrected chi connectivity index (χ2v) is 5.95. The van der Waals surface area contributed by atoms with E-state index in [0.29, 0.717) is 18.7 Å². The molecule has 136 valence electrons. The molecule has 0 spiro atoms. The van der Waals surface area contributed by atoms with Gasteiger partial charge >= 0.3 is 0 Å². The van der Waals surface area contributed by atoms with E-state index < -0.39 is 6.17 Å². The van der Waals surface area contributed by atoms with Crippen molar-refractivity contribution in [1.29, 1.82) is 0 Å². The Kier molecular flexibility index (Phi) is 8.90. The number of hydrogen-bond acceptors (Lipinski definition) is 3. The number of halogens is 1. The van der Waals surface area contributed by atoms with E-state index in [0.717, 1.165) is 31.2 Å². The third kappa shape index (κ3) is 5.55. The van der Waals surface area contributed by atoms with Gasteiger partial charge < -0.3 is 4.90 Å². The summed E-state index contributed by atoms with van der Waals surface area (Å²) in [5, 5.41) is 0. The summed E-state index contributed by atoms with van der Waals surface area (Å²) in [5.41, 5.74) is 1.35. The van der Waals surface area contributed by atoms with Crippen LogP contribution in [0.1, 0.15) is 57.2 Å². The molecule has 1 aromatic rings. The molecule has 2 saturated heterocycles. The number of nitrogens with zero attached hydrogens (tertiary/aromatic N) is 3. The lowest BCUT2D eigenvalue weighted by molar-refractivity contribution is 0.0774. The Balaban J connectivity index is 0.000000671. The number of likely N-dealkylation sites (tertiary alicyclic amines) is 2. The molecular formula is C19H32FN3O. The number of carbonyl (C=O) groups excluding carboxylic acids is 1. The van der Waals surface area contributed by atoms with E-state index in [4.69, 9.17) is 0 Å². The minimum absolute atomic E-state index is 0.149. The van der Waals surface area contributed by atoms with Crippen LogP contribution in [0.2, 0.25) is 0 Å². The predicted octanol–water partition coefficient (Wildman–Crippen LogP) is 3.77. The third-order valence-electron chi connectivity index (χ3n) is 3.97. The Morgan fingerprint density at radius 3 is 2.42 bits per heavy atom. The van der Waals surface area contributed by atoms with Gasteiger partial charge in [0.2, 0.25) is 0 Å². The van der Waals surface area contributed by atoms with E-state index in [9.17, 15) is 9.18 Å². The van der Waals surface area contributed by atoms with Crippen LogP contribution in [0.25, 0.3) is 0 Å². The number of carbonyl (C=O) groups is 1. The fraction of sp³-hybridized carbons (Fsp3) is 0.684. The standard InChI is InChI=1S/C15H20FN3O.2C2H6/c1-11-7-18(8-11)10-13-3-2-4-14(17-13)15(20)19-6-5-12(16)9-19;2*1-2/h2-4,11-12H,5-10H2,1H3;2*1-2H3. The van der Waals surface area contributed by atoms with E-state index in [-0.39, 0.29) is 12.5 Å². The number of pyridine rings is 1. The summed E-state index contributed by atoms with van der Waals surface area (Å²) in [6, 6.07) is 5.53. The van der Waals surface area contributed by atoms with Gasteiger partial charge in [-0.15, -0.1) is 0 Å². The molecule has 1 aromatic heterocycles. The van der Waals surface area contributed by atoms with Crippen LogP contribution in [0, 0.1) is 5.92 Å². The van der Waals surface area contributed by atoms with E-state index >= 15 is 0 Å². The highest BCUT2D eigenvalue weighted by atomic mass is 19.1. The Morgan fingerprint density at radius 1 is 1.21 bits per heavy atom. The molecule has 1 atom stereocenters. The van der Waals surface area contributed by atoms with Crippen LogP contribution in [0.15, 0.2) is 18.2 Å². The first-order valence-electron chi connectivity index (χ1n) is 9.23. The summed E-state index contributed by atoms with van der Waals surface area (Å²) in [7, 11) is 0. The lowest BCUT2D eigenvalue weighted by Gasteiger charge is -2.36. The summed E-state index contributed by atoms with van der Waals surface area (Å²) in [5.74, 6) is 0.606. The Hall–Kier alpha value is -1.49. The summed E-state index contributed by atoms with van der Waals surface area (Å²) in [6.07, 6.45) is -0.443. The number of alkyl halides is 1. The van der Waals surface area contributed by atoms with Crippen LogP contribution in [0.4, 0.5) is 4.39 Å². The molecule has 0 aliphatic carbocycles. The summed E-state index contributed by atoms with van der Waals surface area (Å²) in [4.78, 5) is 20.6. The van der Waals surface area contributed by atoms with Gasteiger partial charge in [0.25, 0.3) is 5.91 Å². The summed E-state index contributed by atoms with van der Waals surface area (Å²) >= 11 is 0. The van der Waals surface area contributed by atoms with Crippen molar-refractivity contribution >= 4 is 5.91 Å². The van der Waals surface area contributed by atoms with Crippen molar-refractivity contribution < 1.29 is 9.18 Å². The summed E-state index contributed by atoms with van der Waals surface area (Å²) < 4.78 is 13.2. The zero-order chi connectivity index (χ0) is 18.1. The maximum absolute atomic E-state index is 13.2. The first-order valence-corrected chi connectivity index (χ1v) is 9.23. The SMILES string of the molecule is CC.CC.CC1CN(Cc2cccc(C(=O)N3CCC(F)C3)n2)C1. The van der Waals surface area contributed by atoms with Crippen LogP contribution in [-0.4, -0.2) is 53.0 Å². The molecule has 0 bridgehead atoms. The maximum Gasteiger partial charge on any atom is 0.272 e. The second-order valence-electron chi connectivity index (χ2n) is 5.95. The average Bonchev–Trinajstić information content (AvgIpc) is 3.03. The molecule has 24 heavy (non-hydrogen) atoms. The van der Waals surface area contributed by atoms with Crippen LogP contribution in [0.3, 0.4) is 0 Å². The topological polar surface area (TPSA) is 36.4 Å². The highest BCUT2D eigenvalue weighted by molar-refractivity contribution is 5.92. The Bertz CT molecular complexity index is 503. The number of amides is 1. The van der Waals surface area contributed by atoms with Crippen LogP contribution in [-0.2, 0) is 6.54 Å². The van der Waals surface area contributed by atoms with Gasteiger partial charge in [-0.2, -0.15) is 0 Å². The molecule has 4 nitrogen and oxygen atoms in total. The smallest absolute Gasteiger partial charge is 0.272 e. The van der Waals surface area contributed by atoms with Crippen LogP contribution < -0.4 is 0 Å². The largest absolute Gasteiger partial charge is 0.334 e. The van der Waals surface area contributed by atoms with Gasteiger partial charge in [0, 0.05) is 26.2 Å². The van der Waals surface area contributed by atoms with Gasteiger partial charge in [-0.3, -0.25) is 9.69 Å². The fourth-order valence-electron chi connectivity index (χ4n) is 2.94. The molecule has 0 aromatic carbocycles. The number of rotatable bonds is 3. The van der Waals surface area contributed by atoms with Gasteiger partial charge in [0.15, 0.2) is 0 Å². The molecular weight excluding hydrogens is 305 g/mol. The van der Waals surface area contributed by atoms with Gasteiger partial charge in [-0.05, 0) is 24.5 Å². The molecule has 0 N–H and O–H groups in total. The number of hydrogen-bond donors (Lipinski definition) is 0. The first kappa shape index (κ1) is 20.6. The zero-order valence-electron chi connectivity index (χ0n) is 15.8. The van der Waals surface area contributed by atoms with Crippen LogP contribution >= 0.6 is 0 Å². The highest BCUT2D eigenvalue weighted by Crippen LogP contribution is 2.18. The van der Waals surface area contributed by atoms with Crippen molar-refractivity contribution in [3.63, 3.8) is 0 Å². The molecule has 3 heterocycles. The monoisotopic (exact) mass is 337 g/mol. The molecule has 2 aliphatic heterocycles. The first-order chi connectivity index (χ1) is 11.6. The second kappa shape index (κ2) is 10.4. The predicted molar refractivity (Wildman–Crippen MR) is 96.8 cm³/mol. The fourth-order valence-corrected chi connectivity index (χ4v) is 2.94. The molecule has 2 fully saturated rings. The van der Waals surface area contributed by atoms with Crippen molar-refractivity contribution in [1.82, 2.24) is 14.8 Å². The van der Waals surface area contributed by atoms with E-state index in [2.05, 4.69) is 16.8 Å². The Labute approximate surface area is 146 Å². The van der Waals surface area contributed by atoms with Gasteiger partial charge in [-0.25, -0.2) is 9.37 Å². The van der Waals surface area contributed by atoms with Crippen molar-refractivity contribution in [2.45, 2.75) is 53.8 Å². The van der Waals surface area contributed by atoms with Crippen molar-refractivity contribution in [2.75, 3.05) is 26.2 Å². The lowest BCUT2D eigenvalue weighted by Crippen LogP contribution is -2.44. The molecule has 0 radical (unpaired) electrons. The van der Waals surface area contributed by atoms with E-state index in [1.165, 1.54) is 0 Å². The molecule has 5 heteroatoms. The average molecular weight is 337 g/mol. The molecule has 2 aliphatic rings. The molecule has 1 amide bonds. The molecule has 1 unspecified atom stereocenters. The van der Waals surface area contributed by atoms with Crippen molar-refractivity contribution in [3.8, 4) is 0 Å². The van der Waals surface area contributed by atoms with Crippen LogP contribution in [0.5, 0.6) is 0 Å². The number of aromatic nitrogens is 1. The molecule has 0 saturated carbocycles. The minimum Gasteiger partial charge on any atom is -0.334 e.